The van der Waals surface area contributed by atoms with Gasteiger partial charge < -0.3 is 29.7 Å². The van der Waals surface area contributed by atoms with Crippen LogP contribution in [0.3, 0.4) is 0 Å². The van der Waals surface area contributed by atoms with Crippen molar-refractivity contribution in [2.24, 2.45) is 0 Å². The first-order chi connectivity index (χ1) is 15.3. The number of carbonyl (C=O) groups is 2. The average molecular weight is 469 g/mol. The average Bonchev–Trinajstić information content (AvgIpc) is 3.16. The van der Waals surface area contributed by atoms with Crippen molar-refractivity contribution in [2.45, 2.75) is 38.3 Å². The topological polar surface area (TPSA) is 94.6 Å². The predicted molar refractivity (Wildman–Crippen MR) is 122 cm³/mol. The third-order valence-corrected chi connectivity index (χ3v) is 6.04. The maximum atomic E-state index is 15.2. The molecule has 0 saturated carbocycles. The number of halogens is 1. The minimum atomic E-state index is -0.954. The number of anilines is 2. The van der Waals surface area contributed by atoms with E-state index in [0.717, 1.165) is 19.3 Å². The van der Waals surface area contributed by atoms with E-state index < -0.39 is 24.1 Å². The van der Waals surface area contributed by atoms with Gasteiger partial charge in [0, 0.05) is 25.7 Å². The Hall–Kier alpha value is -2.82. The molecule has 0 bridgehead atoms. The van der Waals surface area contributed by atoms with Gasteiger partial charge >= 0.3 is 12.2 Å². The summed E-state index contributed by atoms with van der Waals surface area (Å²) in [6.07, 6.45) is 0.725. The van der Waals surface area contributed by atoms with Gasteiger partial charge in [0.05, 0.1) is 31.6 Å². The molecule has 176 valence electrons. The second-order valence-electron chi connectivity index (χ2n) is 7.84. The van der Waals surface area contributed by atoms with Gasteiger partial charge in [0.1, 0.15) is 11.9 Å². The van der Waals surface area contributed by atoms with Crippen LogP contribution in [0.15, 0.2) is 18.2 Å². The van der Waals surface area contributed by atoms with Crippen LogP contribution in [0.25, 0.3) is 0 Å². The van der Waals surface area contributed by atoms with Gasteiger partial charge in [0.25, 0.3) is 5.17 Å². The normalized spacial score (nSPS) is 20.8. The van der Waals surface area contributed by atoms with Crippen molar-refractivity contribution < 1.29 is 28.6 Å². The van der Waals surface area contributed by atoms with E-state index in [1.807, 2.05) is 4.90 Å². The van der Waals surface area contributed by atoms with Gasteiger partial charge in [-0.1, -0.05) is 19.8 Å². The lowest BCUT2D eigenvalue weighted by Crippen LogP contribution is -2.54. The van der Waals surface area contributed by atoms with Gasteiger partial charge in [-0.2, -0.15) is 0 Å². The van der Waals surface area contributed by atoms with E-state index in [-0.39, 0.29) is 17.8 Å². The molecule has 2 saturated heterocycles. The minimum absolute atomic E-state index is 0.100. The summed E-state index contributed by atoms with van der Waals surface area (Å²) in [6.45, 7) is 3.69. The summed E-state index contributed by atoms with van der Waals surface area (Å²) in [4.78, 5) is 28.4. The molecule has 32 heavy (non-hydrogen) atoms. The number of carbonyl (C=O) groups excluding carboxylic acids is 1. The third-order valence-electron chi connectivity index (χ3n) is 5.73. The number of benzene rings is 1. The molecular formula is C21H29FN4O5S. The molecule has 2 amide bonds. The number of unbranched alkanes of at least 4 members (excludes halogenated alkanes) is 1. The fourth-order valence-corrected chi connectivity index (χ4v) is 4.12. The number of hydrogen-bond donors (Lipinski definition) is 2. The number of rotatable bonds is 7. The van der Waals surface area contributed by atoms with Gasteiger partial charge in [0.2, 0.25) is 0 Å². The highest BCUT2D eigenvalue weighted by molar-refractivity contribution is 7.80. The first kappa shape index (κ1) is 23.8. The molecule has 2 N–H and O–H groups in total. The maximum absolute atomic E-state index is 15.2. The Bertz CT molecular complexity index is 857. The molecule has 0 aliphatic carbocycles. The van der Waals surface area contributed by atoms with Crippen molar-refractivity contribution in [3.63, 3.8) is 0 Å². The van der Waals surface area contributed by atoms with Crippen LogP contribution in [-0.4, -0.2) is 79.3 Å². The molecule has 2 fully saturated rings. The standard InChI is InChI=1S/C21H29FN4O5S/c1-3-4-5-15-12-24(20(27)28)8-9-25(15)18-7-6-14(10-17(18)22)26-13-16(31-21(26)29)11-23-19(32)30-2/h6-7,10,15-16H,3-5,8-9,11-13H2,1-2H3,(H,23,32)(H,27,28). The van der Waals surface area contributed by atoms with E-state index >= 15 is 4.39 Å². The molecule has 0 aromatic heterocycles. The monoisotopic (exact) mass is 468 g/mol. The number of amides is 2. The number of piperazine rings is 1. The minimum Gasteiger partial charge on any atom is -0.474 e. The second-order valence-corrected chi connectivity index (χ2v) is 8.21. The SMILES string of the molecule is CCCCC1CN(C(=O)O)CCN1c1ccc(N2CC(CNC(=S)OC)OC2=O)cc1F. The van der Waals surface area contributed by atoms with Crippen molar-refractivity contribution in [1.82, 2.24) is 10.2 Å². The Kier molecular flexibility index (Phi) is 7.94. The smallest absolute Gasteiger partial charge is 0.414 e. The first-order valence-electron chi connectivity index (χ1n) is 10.7. The summed E-state index contributed by atoms with van der Waals surface area (Å²) in [7, 11) is 1.45. The van der Waals surface area contributed by atoms with Crippen LogP contribution in [0.2, 0.25) is 0 Å². The van der Waals surface area contributed by atoms with Crippen LogP contribution in [0.5, 0.6) is 0 Å². The van der Waals surface area contributed by atoms with Crippen molar-refractivity contribution in [3.05, 3.63) is 24.0 Å². The molecule has 2 aliphatic rings. The second kappa shape index (κ2) is 10.7. The van der Waals surface area contributed by atoms with E-state index in [9.17, 15) is 14.7 Å². The van der Waals surface area contributed by atoms with Gasteiger partial charge in [-0.3, -0.25) is 4.90 Å². The van der Waals surface area contributed by atoms with Crippen LogP contribution >= 0.6 is 12.2 Å². The zero-order valence-electron chi connectivity index (χ0n) is 18.3. The van der Waals surface area contributed by atoms with Crippen LogP contribution in [0, 0.1) is 5.82 Å². The molecule has 1 aromatic rings. The molecule has 11 heteroatoms. The third kappa shape index (κ3) is 5.50. The van der Waals surface area contributed by atoms with Crippen LogP contribution in [0.4, 0.5) is 25.4 Å². The van der Waals surface area contributed by atoms with Gasteiger partial charge in [0.15, 0.2) is 0 Å². The van der Waals surface area contributed by atoms with Gasteiger partial charge in [-0.15, -0.1) is 0 Å². The molecule has 1 aromatic carbocycles. The lowest BCUT2D eigenvalue weighted by Gasteiger charge is -2.42. The summed E-state index contributed by atoms with van der Waals surface area (Å²) in [5, 5.41) is 12.4. The van der Waals surface area contributed by atoms with E-state index in [2.05, 4.69) is 12.2 Å². The highest BCUT2D eigenvalue weighted by Crippen LogP contribution is 2.31. The summed E-state index contributed by atoms with van der Waals surface area (Å²) in [5.74, 6) is -0.456. The van der Waals surface area contributed by atoms with Gasteiger partial charge in [-0.05, 0) is 36.8 Å². The number of cyclic esters (lactones) is 1. The molecule has 2 aliphatic heterocycles. The fraction of sp³-hybridized carbons (Fsp3) is 0.571. The summed E-state index contributed by atoms with van der Waals surface area (Å²) in [5.41, 5.74) is 0.818. The highest BCUT2D eigenvalue weighted by atomic mass is 32.1. The number of carboxylic acid groups (broad SMARTS) is 1. The van der Waals surface area contributed by atoms with Crippen molar-refractivity contribution in [3.8, 4) is 0 Å². The lowest BCUT2D eigenvalue weighted by atomic mass is 10.0. The van der Waals surface area contributed by atoms with E-state index in [4.69, 9.17) is 21.7 Å². The maximum Gasteiger partial charge on any atom is 0.414 e. The number of hydrogen-bond acceptors (Lipinski definition) is 6. The molecule has 2 unspecified atom stereocenters. The zero-order valence-corrected chi connectivity index (χ0v) is 19.1. The van der Waals surface area contributed by atoms with Crippen molar-refractivity contribution in [1.29, 1.82) is 0 Å². The van der Waals surface area contributed by atoms with E-state index in [1.54, 1.807) is 12.1 Å². The zero-order chi connectivity index (χ0) is 23.3. The van der Waals surface area contributed by atoms with E-state index in [1.165, 1.54) is 23.0 Å². The van der Waals surface area contributed by atoms with Crippen LogP contribution in [-0.2, 0) is 9.47 Å². The number of ether oxygens (including phenoxy) is 2. The predicted octanol–water partition coefficient (Wildman–Crippen LogP) is 3.03. The summed E-state index contributed by atoms with van der Waals surface area (Å²) in [6, 6.07) is 4.57. The molecule has 3 rings (SSSR count). The highest BCUT2D eigenvalue weighted by Gasteiger charge is 2.34. The van der Waals surface area contributed by atoms with Gasteiger partial charge in [-0.25, -0.2) is 14.0 Å². The van der Waals surface area contributed by atoms with Crippen LogP contribution < -0.4 is 15.1 Å². The molecule has 2 heterocycles. The Morgan fingerprint density at radius 1 is 1.38 bits per heavy atom. The summed E-state index contributed by atoms with van der Waals surface area (Å²) < 4.78 is 25.4. The fourth-order valence-electron chi connectivity index (χ4n) is 4.04. The van der Waals surface area contributed by atoms with Crippen molar-refractivity contribution >= 4 is 41.0 Å². The van der Waals surface area contributed by atoms with E-state index in [0.29, 0.717) is 37.6 Å². The Morgan fingerprint density at radius 2 is 2.16 bits per heavy atom. The number of thiocarbonyl (C=S) groups is 1. The Balaban J connectivity index is 1.72. The Morgan fingerprint density at radius 3 is 2.81 bits per heavy atom. The largest absolute Gasteiger partial charge is 0.474 e. The molecular weight excluding hydrogens is 439 g/mol. The Labute approximate surface area is 192 Å². The molecule has 0 spiro atoms. The number of nitrogens with zero attached hydrogens (tertiary/aromatic N) is 3. The molecule has 0 radical (unpaired) electrons. The molecule has 9 nitrogen and oxygen atoms in total. The lowest BCUT2D eigenvalue weighted by molar-refractivity contribution is 0.133. The number of nitrogens with one attached hydrogen (secondary N) is 1. The van der Waals surface area contributed by atoms with Crippen molar-refractivity contribution in [2.75, 3.05) is 49.6 Å². The number of methoxy groups -OCH3 is 1. The molecule has 2 atom stereocenters. The van der Waals surface area contributed by atoms with Crippen LogP contribution in [0.1, 0.15) is 26.2 Å². The summed E-state index contributed by atoms with van der Waals surface area (Å²) >= 11 is 4.92. The quantitative estimate of drug-likeness (QED) is 0.590. The first-order valence-corrected chi connectivity index (χ1v) is 11.1.